The molecule has 0 N–H and O–H groups in total. The first-order valence-electron chi connectivity index (χ1n) is 4.41. The SMILES string of the molecule is CC(=O)SCC=Cc1cccnc1C. The fraction of sp³-hybridized carbons (Fsp3) is 0.273. The van der Waals surface area contributed by atoms with Gasteiger partial charge < -0.3 is 0 Å². The molecule has 0 aliphatic rings. The second kappa shape index (κ2) is 5.60. The third-order valence-corrected chi connectivity index (χ3v) is 2.49. The summed E-state index contributed by atoms with van der Waals surface area (Å²) >= 11 is 1.31. The molecule has 0 saturated heterocycles. The zero-order valence-electron chi connectivity index (χ0n) is 8.36. The molecule has 0 fully saturated rings. The van der Waals surface area contributed by atoms with Gasteiger partial charge >= 0.3 is 0 Å². The lowest BCUT2D eigenvalue weighted by atomic mass is 10.2. The Balaban J connectivity index is 2.52. The topological polar surface area (TPSA) is 30.0 Å². The molecule has 0 unspecified atom stereocenters. The largest absolute Gasteiger partial charge is 0.288 e. The minimum absolute atomic E-state index is 0.151. The number of nitrogens with zero attached hydrogens (tertiary/aromatic N) is 1. The Kier molecular flexibility index (Phi) is 4.40. The summed E-state index contributed by atoms with van der Waals surface area (Å²) in [5.74, 6) is 0.726. The van der Waals surface area contributed by atoms with E-state index in [1.165, 1.54) is 11.8 Å². The number of aryl methyl sites for hydroxylation is 1. The third-order valence-electron chi connectivity index (χ3n) is 1.73. The molecule has 3 heteroatoms. The highest BCUT2D eigenvalue weighted by molar-refractivity contribution is 8.13. The summed E-state index contributed by atoms with van der Waals surface area (Å²) in [6.45, 7) is 3.55. The van der Waals surface area contributed by atoms with Crippen molar-refractivity contribution in [3.63, 3.8) is 0 Å². The molecule has 0 spiro atoms. The van der Waals surface area contributed by atoms with Crippen molar-refractivity contribution in [2.24, 2.45) is 0 Å². The van der Waals surface area contributed by atoms with Crippen molar-refractivity contribution in [2.75, 3.05) is 5.75 Å². The Bertz CT molecular complexity index is 347. The Hall–Kier alpha value is -1.09. The minimum Gasteiger partial charge on any atom is -0.288 e. The van der Waals surface area contributed by atoms with Gasteiger partial charge in [0.05, 0.1) is 0 Å². The maximum atomic E-state index is 10.6. The quantitative estimate of drug-likeness (QED) is 0.763. The second-order valence-corrected chi connectivity index (χ2v) is 4.08. The predicted octanol–water partition coefficient (Wildman–Crippen LogP) is 2.68. The van der Waals surface area contributed by atoms with Crippen LogP contribution in [-0.2, 0) is 4.79 Å². The minimum atomic E-state index is 0.151. The normalized spacial score (nSPS) is 10.7. The number of pyridine rings is 1. The summed E-state index contributed by atoms with van der Waals surface area (Å²) in [5.41, 5.74) is 2.12. The lowest BCUT2D eigenvalue weighted by Gasteiger charge is -1.96. The van der Waals surface area contributed by atoms with E-state index in [1.54, 1.807) is 13.1 Å². The molecular weight excluding hydrogens is 194 g/mol. The summed E-state index contributed by atoms with van der Waals surface area (Å²) < 4.78 is 0. The number of aromatic nitrogens is 1. The van der Waals surface area contributed by atoms with Gasteiger partial charge in [0.25, 0.3) is 0 Å². The number of hydrogen-bond donors (Lipinski definition) is 0. The van der Waals surface area contributed by atoms with E-state index in [9.17, 15) is 4.79 Å². The third kappa shape index (κ3) is 3.75. The molecule has 14 heavy (non-hydrogen) atoms. The summed E-state index contributed by atoms with van der Waals surface area (Å²) in [6, 6.07) is 3.92. The highest BCUT2D eigenvalue weighted by Gasteiger charge is 1.93. The number of carbonyl (C=O) groups is 1. The summed E-state index contributed by atoms with van der Waals surface area (Å²) in [6.07, 6.45) is 5.76. The monoisotopic (exact) mass is 207 g/mol. The van der Waals surface area contributed by atoms with Crippen molar-refractivity contribution in [1.29, 1.82) is 0 Å². The Morgan fingerprint density at radius 2 is 2.43 bits per heavy atom. The molecule has 1 heterocycles. The zero-order valence-corrected chi connectivity index (χ0v) is 9.17. The summed E-state index contributed by atoms with van der Waals surface area (Å²) in [4.78, 5) is 14.8. The van der Waals surface area contributed by atoms with Crippen molar-refractivity contribution in [3.05, 3.63) is 35.7 Å². The molecule has 0 aromatic carbocycles. The molecule has 0 saturated carbocycles. The second-order valence-electron chi connectivity index (χ2n) is 2.88. The van der Waals surface area contributed by atoms with Gasteiger partial charge in [0, 0.05) is 24.6 Å². The smallest absolute Gasteiger partial charge is 0.186 e. The number of rotatable bonds is 3. The van der Waals surface area contributed by atoms with Crippen LogP contribution in [-0.4, -0.2) is 15.9 Å². The first-order valence-corrected chi connectivity index (χ1v) is 5.40. The molecule has 0 aliphatic heterocycles. The van der Waals surface area contributed by atoms with Crippen molar-refractivity contribution in [2.45, 2.75) is 13.8 Å². The average Bonchev–Trinajstić information content (AvgIpc) is 2.15. The van der Waals surface area contributed by atoms with E-state index in [0.717, 1.165) is 17.0 Å². The van der Waals surface area contributed by atoms with E-state index in [4.69, 9.17) is 0 Å². The van der Waals surface area contributed by atoms with Crippen molar-refractivity contribution >= 4 is 23.0 Å². The van der Waals surface area contributed by atoms with Gasteiger partial charge in [-0.3, -0.25) is 9.78 Å². The standard InChI is InChI=1S/C11H13NOS/c1-9-11(5-3-7-12-9)6-4-8-14-10(2)13/h3-7H,8H2,1-2H3. The molecule has 1 aromatic heterocycles. The molecule has 1 aromatic rings. The Morgan fingerprint density at radius 1 is 1.64 bits per heavy atom. The van der Waals surface area contributed by atoms with E-state index in [1.807, 2.05) is 31.2 Å². The number of carbonyl (C=O) groups excluding carboxylic acids is 1. The Morgan fingerprint density at radius 3 is 3.07 bits per heavy atom. The van der Waals surface area contributed by atoms with Crippen LogP contribution in [0.4, 0.5) is 0 Å². The molecule has 0 radical (unpaired) electrons. The highest BCUT2D eigenvalue weighted by Crippen LogP contribution is 2.08. The van der Waals surface area contributed by atoms with Crippen LogP contribution in [0, 0.1) is 6.92 Å². The van der Waals surface area contributed by atoms with Gasteiger partial charge in [-0.15, -0.1) is 0 Å². The summed E-state index contributed by atoms with van der Waals surface area (Å²) in [5, 5.41) is 0.151. The average molecular weight is 207 g/mol. The van der Waals surface area contributed by atoms with Crippen molar-refractivity contribution in [3.8, 4) is 0 Å². The highest BCUT2D eigenvalue weighted by atomic mass is 32.2. The lowest BCUT2D eigenvalue weighted by molar-refractivity contribution is -0.109. The van der Waals surface area contributed by atoms with Crippen LogP contribution in [0.5, 0.6) is 0 Å². The molecule has 1 rings (SSSR count). The van der Waals surface area contributed by atoms with Crippen LogP contribution >= 0.6 is 11.8 Å². The van der Waals surface area contributed by atoms with E-state index in [-0.39, 0.29) is 5.12 Å². The van der Waals surface area contributed by atoms with Gasteiger partial charge in [0.2, 0.25) is 0 Å². The maximum Gasteiger partial charge on any atom is 0.186 e. The Labute approximate surface area is 88.4 Å². The van der Waals surface area contributed by atoms with Crippen LogP contribution in [0.15, 0.2) is 24.4 Å². The molecule has 0 amide bonds. The van der Waals surface area contributed by atoms with Gasteiger partial charge in [-0.1, -0.05) is 30.0 Å². The molecule has 2 nitrogen and oxygen atoms in total. The van der Waals surface area contributed by atoms with Gasteiger partial charge in [-0.25, -0.2) is 0 Å². The van der Waals surface area contributed by atoms with Gasteiger partial charge in [0.15, 0.2) is 5.12 Å². The first-order chi connectivity index (χ1) is 6.70. The van der Waals surface area contributed by atoms with E-state index < -0.39 is 0 Å². The first kappa shape index (κ1) is 11.0. The van der Waals surface area contributed by atoms with Crippen LogP contribution in [0.25, 0.3) is 6.08 Å². The van der Waals surface area contributed by atoms with E-state index in [2.05, 4.69) is 4.98 Å². The molecule has 74 valence electrons. The fourth-order valence-electron chi connectivity index (χ4n) is 1.01. The van der Waals surface area contributed by atoms with Crippen LogP contribution in [0.1, 0.15) is 18.2 Å². The van der Waals surface area contributed by atoms with Gasteiger partial charge in [-0.05, 0) is 18.6 Å². The van der Waals surface area contributed by atoms with E-state index >= 15 is 0 Å². The van der Waals surface area contributed by atoms with E-state index in [0.29, 0.717) is 0 Å². The summed E-state index contributed by atoms with van der Waals surface area (Å²) in [7, 11) is 0. The van der Waals surface area contributed by atoms with Crippen molar-refractivity contribution in [1.82, 2.24) is 4.98 Å². The van der Waals surface area contributed by atoms with Gasteiger partial charge in [0.1, 0.15) is 0 Å². The van der Waals surface area contributed by atoms with Crippen LogP contribution < -0.4 is 0 Å². The van der Waals surface area contributed by atoms with Crippen LogP contribution in [0.2, 0.25) is 0 Å². The molecule has 0 atom stereocenters. The lowest BCUT2D eigenvalue weighted by Crippen LogP contribution is -1.85. The number of hydrogen-bond acceptors (Lipinski definition) is 3. The zero-order chi connectivity index (χ0) is 10.4. The van der Waals surface area contributed by atoms with Crippen LogP contribution in [0.3, 0.4) is 0 Å². The van der Waals surface area contributed by atoms with Crippen molar-refractivity contribution < 1.29 is 4.79 Å². The van der Waals surface area contributed by atoms with Gasteiger partial charge in [-0.2, -0.15) is 0 Å². The fourth-order valence-corrected chi connectivity index (χ4v) is 1.44. The predicted molar refractivity (Wildman–Crippen MR) is 61.1 cm³/mol. The molecule has 0 bridgehead atoms. The molecule has 0 aliphatic carbocycles. The molecular formula is C11H13NOS. The number of thioether (sulfide) groups is 1. The maximum absolute atomic E-state index is 10.6.